The number of methoxy groups -OCH3 is 1. The normalized spacial score (nSPS) is 10.4. The zero-order chi connectivity index (χ0) is 11.9. The molecule has 2 rings (SSSR count). The number of hydrogen-bond acceptors (Lipinski definition) is 5. The lowest BCUT2D eigenvalue weighted by atomic mass is 10.3. The molecule has 1 aromatic heterocycles. The first-order valence-electron chi connectivity index (χ1n) is 5.48. The van der Waals surface area contributed by atoms with Crippen LogP contribution in [0.2, 0.25) is 0 Å². The van der Waals surface area contributed by atoms with Crippen LogP contribution in [0.3, 0.4) is 0 Å². The third kappa shape index (κ3) is 3.57. The number of ether oxygens (including phenoxy) is 1. The van der Waals surface area contributed by atoms with Crippen molar-refractivity contribution in [1.29, 1.82) is 0 Å². The minimum absolute atomic E-state index is 0.532. The summed E-state index contributed by atoms with van der Waals surface area (Å²) in [6.45, 7) is 1.13. The monoisotopic (exact) mass is 233 g/mol. The molecule has 0 fully saturated rings. The molecule has 0 radical (unpaired) electrons. The van der Waals surface area contributed by atoms with Gasteiger partial charge in [-0.2, -0.15) is 4.98 Å². The van der Waals surface area contributed by atoms with Crippen molar-refractivity contribution in [3.05, 3.63) is 42.0 Å². The fraction of sp³-hybridized carbons (Fsp3) is 0.333. The van der Waals surface area contributed by atoms with E-state index >= 15 is 0 Å². The molecule has 0 saturated heterocycles. The predicted molar refractivity (Wildman–Crippen MR) is 63.6 cm³/mol. The summed E-state index contributed by atoms with van der Waals surface area (Å²) in [7, 11) is 1.65. The van der Waals surface area contributed by atoms with Gasteiger partial charge in [-0.05, 0) is 12.1 Å². The molecule has 2 aromatic rings. The summed E-state index contributed by atoms with van der Waals surface area (Å²) >= 11 is 0. The lowest BCUT2D eigenvalue weighted by molar-refractivity contribution is 0.199. The second kappa shape index (κ2) is 6.00. The van der Waals surface area contributed by atoms with Gasteiger partial charge in [0.25, 0.3) is 0 Å². The fourth-order valence-electron chi connectivity index (χ4n) is 1.39. The molecular weight excluding hydrogens is 218 g/mol. The Morgan fingerprint density at radius 2 is 2.12 bits per heavy atom. The van der Waals surface area contributed by atoms with Crippen LogP contribution in [-0.2, 0) is 17.7 Å². The molecule has 5 nitrogen and oxygen atoms in total. The predicted octanol–water partition coefficient (Wildman–Crippen LogP) is 1.87. The summed E-state index contributed by atoms with van der Waals surface area (Å²) in [5.74, 6) is 1.26. The largest absolute Gasteiger partial charge is 0.384 e. The number of aromatic nitrogens is 2. The molecule has 0 saturated carbocycles. The van der Waals surface area contributed by atoms with Crippen LogP contribution >= 0.6 is 0 Å². The van der Waals surface area contributed by atoms with Crippen molar-refractivity contribution in [1.82, 2.24) is 10.1 Å². The van der Waals surface area contributed by atoms with E-state index in [2.05, 4.69) is 15.5 Å². The Labute approximate surface area is 99.8 Å². The van der Waals surface area contributed by atoms with Gasteiger partial charge in [0.15, 0.2) is 5.82 Å². The first kappa shape index (κ1) is 11.6. The number of nitrogens with one attached hydrogen (secondary N) is 1. The van der Waals surface area contributed by atoms with Gasteiger partial charge in [0.2, 0.25) is 5.89 Å². The van der Waals surface area contributed by atoms with Gasteiger partial charge in [-0.15, -0.1) is 0 Å². The Kier molecular flexibility index (Phi) is 4.10. The molecule has 90 valence electrons. The minimum Gasteiger partial charge on any atom is -0.384 e. The standard InChI is InChI=1S/C12H15N3O2/c1-16-8-7-11-14-12(17-15-11)9-13-10-5-3-2-4-6-10/h2-6,13H,7-9H2,1H3. The Morgan fingerprint density at radius 1 is 1.29 bits per heavy atom. The van der Waals surface area contributed by atoms with Crippen LogP contribution in [0.1, 0.15) is 11.7 Å². The zero-order valence-electron chi connectivity index (χ0n) is 9.72. The zero-order valence-corrected chi connectivity index (χ0v) is 9.72. The molecule has 0 aliphatic rings. The molecule has 1 aromatic carbocycles. The van der Waals surface area contributed by atoms with Crippen molar-refractivity contribution in [2.24, 2.45) is 0 Å². The lowest BCUT2D eigenvalue weighted by Crippen LogP contribution is -2.00. The Morgan fingerprint density at radius 3 is 2.88 bits per heavy atom. The number of nitrogens with zero attached hydrogens (tertiary/aromatic N) is 2. The molecule has 0 atom stereocenters. The summed E-state index contributed by atoms with van der Waals surface area (Å²) in [6.07, 6.45) is 0.672. The second-order valence-corrected chi connectivity index (χ2v) is 3.57. The topological polar surface area (TPSA) is 60.2 Å². The van der Waals surface area contributed by atoms with Crippen molar-refractivity contribution < 1.29 is 9.26 Å². The smallest absolute Gasteiger partial charge is 0.245 e. The SMILES string of the molecule is COCCc1noc(CNc2ccccc2)n1. The third-order valence-corrected chi connectivity index (χ3v) is 2.26. The van der Waals surface area contributed by atoms with E-state index < -0.39 is 0 Å². The average Bonchev–Trinajstić information content (AvgIpc) is 2.83. The highest BCUT2D eigenvalue weighted by molar-refractivity contribution is 5.42. The van der Waals surface area contributed by atoms with Gasteiger partial charge in [0.1, 0.15) is 0 Å². The number of anilines is 1. The van der Waals surface area contributed by atoms with Gasteiger partial charge in [-0.3, -0.25) is 0 Å². The average molecular weight is 233 g/mol. The third-order valence-electron chi connectivity index (χ3n) is 2.26. The van der Waals surface area contributed by atoms with Crippen LogP contribution in [0, 0.1) is 0 Å². The molecule has 0 unspecified atom stereocenters. The van der Waals surface area contributed by atoms with Crippen LogP contribution in [0.4, 0.5) is 5.69 Å². The number of hydrogen-bond donors (Lipinski definition) is 1. The van der Waals surface area contributed by atoms with E-state index in [0.29, 0.717) is 31.3 Å². The Hall–Kier alpha value is -1.88. The van der Waals surface area contributed by atoms with E-state index in [9.17, 15) is 0 Å². The van der Waals surface area contributed by atoms with Crippen molar-refractivity contribution in [2.45, 2.75) is 13.0 Å². The van der Waals surface area contributed by atoms with E-state index in [0.717, 1.165) is 5.69 Å². The summed E-state index contributed by atoms with van der Waals surface area (Å²) in [5, 5.41) is 7.06. The first-order valence-corrected chi connectivity index (χ1v) is 5.48. The molecule has 1 heterocycles. The molecular formula is C12H15N3O2. The highest BCUT2D eigenvalue weighted by Gasteiger charge is 2.05. The molecule has 5 heteroatoms. The number of rotatable bonds is 6. The number of para-hydroxylation sites is 1. The van der Waals surface area contributed by atoms with E-state index in [-0.39, 0.29) is 0 Å². The molecule has 0 bridgehead atoms. The van der Waals surface area contributed by atoms with E-state index in [1.54, 1.807) is 7.11 Å². The van der Waals surface area contributed by atoms with Gasteiger partial charge >= 0.3 is 0 Å². The van der Waals surface area contributed by atoms with Crippen LogP contribution in [0.5, 0.6) is 0 Å². The maximum atomic E-state index is 5.10. The Bertz CT molecular complexity index is 442. The molecule has 17 heavy (non-hydrogen) atoms. The second-order valence-electron chi connectivity index (χ2n) is 3.57. The van der Waals surface area contributed by atoms with Crippen molar-refractivity contribution in [3.63, 3.8) is 0 Å². The van der Waals surface area contributed by atoms with E-state index in [4.69, 9.17) is 9.26 Å². The fourth-order valence-corrected chi connectivity index (χ4v) is 1.39. The summed E-state index contributed by atoms with van der Waals surface area (Å²) < 4.78 is 10.1. The van der Waals surface area contributed by atoms with Crippen LogP contribution in [0.25, 0.3) is 0 Å². The summed E-state index contributed by atoms with van der Waals surface area (Å²) in [6, 6.07) is 9.89. The van der Waals surface area contributed by atoms with Crippen molar-refractivity contribution >= 4 is 5.69 Å². The minimum atomic E-state index is 0.532. The molecule has 0 aliphatic heterocycles. The molecule has 0 amide bonds. The molecule has 1 N–H and O–H groups in total. The van der Waals surface area contributed by atoms with Crippen LogP contribution in [-0.4, -0.2) is 23.9 Å². The highest BCUT2D eigenvalue weighted by Crippen LogP contribution is 2.07. The maximum Gasteiger partial charge on any atom is 0.245 e. The molecule has 0 spiro atoms. The lowest BCUT2D eigenvalue weighted by Gasteiger charge is -2.01. The maximum absolute atomic E-state index is 5.10. The van der Waals surface area contributed by atoms with Gasteiger partial charge in [-0.1, -0.05) is 23.4 Å². The van der Waals surface area contributed by atoms with Gasteiger partial charge in [0.05, 0.1) is 13.2 Å². The molecule has 0 aliphatic carbocycles. The quantitative estimate of drug-likeness (QED) is 0.825. The Balaban J connectivity index is 1.85. The first-order chi connectivity index (χ1) is 8.38. The van der Waals surface area contributed by atoms with E-state index in [1.165, 1.54) is 0 Å². The van der Waals surface area contributed by atoms with Gasteiger partial charge in [-0.25, -0.2) is 0 Å². The number of benzene rings is 1. The van der Waals surface area contributed by atoms with Crippen molar-refractivity contribution in [2.75, 3.05) is 19.0 Å². The van der Waals surface area contributed by atoms with Crippen LogP contribution in [0.15, 0.2) is 34.9 Å². The summed E-state index contributed by atoms with van der Waals surface area (Å²) in [4.78, 5) is 4.24. The van der Waals surface area contributed by atoms with Crippen LogP contribution < -0.4 is 5.32 Å². The van der Waals surface area contributed by atoms with Crippen molar-refractivity contribution in [3.8, 4) is 0 Å². The summed E-state index contributed by atoms with van der Waals surface area (Å²) in [5.41, 5.74) is 1.03. The van der Waals surface area contributed by atoms with E-state index in [1.807, 2.05) is 30.3 Å². The highest BCUT2D eigenvalue weighted by atomic mass is 16.5. The van der Waals surface area contributed by atoms with Gasteiger partial charge in [0, 0.05) is 19.2 Å². The van der Waals surface area contributed by atoms with Gasteiger partial charge < -0.3 is 14.6 Å².